The van der Waals surface area contributed by atoms with Crippen molar-refractivity contribution in [3.05, 3.63) is 130 Å². The fourth-order valence-corrected chi connectivity index (χ4v) is 11.3. The minimum atomic E-state index is -2.02. The third-order valence-corrected chi connectivity index (χ3v) is 16.6. The highest BCUT2D eigenvalue weighted by molar-refractivity contribution is 5.99. The van der Waals surface area contributed by atoms with E-state index in [1.807, 2.05) is 69.3 Å². The maximum Gasteiger partial charge on any atom is 0.305 e. The minimum Gasteiger partial charge on any atom is -0.494 e. The molecule has 4 aromatic carbocycles. The quantitative estimate of drug-likeness (QED) is 0.0250. The van der Waals surface area contributed by atoms with Gasteiger partial charge in [-0.05, 0) is 137 Å². The molecule has 0 saturated heterocycles. The number of aromatic amines is 1. The molecule has 10 atom stereocenters. The summed E-state index contributed by atoms with van der Waals surface area (Å²) in [5.41, 5.74) is 21.8. The zero-order chi connectivity index (χ0) is 70.8. The van der Waals surface area contributed by atoms with E-state index in [1.165, 1.54) is 32.0 Å². The zero-order valence-electron chi connectivity index (χ0n) is 55.2. The van der Waals surface area contributed by atoms with Gasteiger partial charge >= 0.3 is 5.97 Å². The highest BCUT2D eigenvalue weighted by atomic mass is 19.1. The molecular weight excluding hydrogens is 1240 g/mol. The molecule has 0 saturated carbocycles. The van der Waals surface area contributed by atoms with Crippen LogP contribution < -0.4 is 43.2 Å². The van der Waals surface area contributed by atoms with E-state index in [1.54, 1.807) is 12.1 Å². The van der Waals surface area contributed by atoms with Crippen LogP contribution in [0.1, 0.15) is 131 Å². The van der Waals surface area contributed by atoms with Crippen molar-refractivity contribution < 1.29 is 77.5 Å². The predicted molar refractivity (Wildman–Crippen MR) is 351 cm³/mol. The first kappa shape index (κ1) is 77.7. The van der Waals surface area contributed by atoms with Crippen molar-refractivity contribution in [2.45, 2.75) is 180 Å². The Hall–Kier alpha value is -9.02. The summed E-state index contributed by atoms with van der Waals surface area (Å²) >= 11 is 0. The maximum atomic E-state index is 15.4. The lowest BCUT2D eigenvalue weighted by molar-refractivity contribution is -0.142. The van der Waals surface area contributed by atoms with Gasteiger partial charge in [-0.3, -0.25) is 47.9 Å². The van der Waals surface area contributed by atoms with Gasteiger partial charge in [-0.15, -0.1) is 10.2 Å². The Morgan fingerprint density at radius 3 is 1.96 bits per heavy atom. The number of nitrogens with zero attached hydrogens (tertiary/aromatic N) is 3. The number of unbranched alkanes of at least 4 members (excludes halogenated alkanes) is 1. The van der Waals surface area contributed by atoms with Crippen molar-refractivity contribution in [1.29, 1.82) is 0 Å². The average Bonchev–Trinajstić information content (AvgIpc) is 0.978. The van der Waals surface area contributed by atoms with Crippen LogP contribution in [0.3, 0.4) is 0 Å². The number of tetrazole rings is 1. The monoisotopic (exact) mass is 1330 g/mol. The van der Waals surface area contributed by atoms with E-state index in [9.17, 15) is 68.4 Å². The summed E-state index contributed by atoms with van der Waals surface area (Å²) in [5.74, 6) is -12.8. The van der Waals surface area contributed by atoms with Crippen LogP contribution in [0, 0.1) is 36.9 Å². The Bertz CT molecular complexity index is 3460. The molecule has 0 aliphatic carbocycles. The maximum absolute atomic E-state index is 15.4. The van der Waals surface area contributed by atoms with Gasteiger partial charge in [-0.2, -0.15) is 5.21 Å². The van der Waals surface area contributed by atoms with Crippen LogP contribution in [0.4, 0.5) is 4.39 Å². The molecule has 0 aliphatic rings. The number of carbonyl (C=O) groups is 10. The molecule has 0 unspecified atom stereocenters. The zero-order valence-corrected chi connectivity index (χ0v) is 55.2. The molecular formula is C69H92FN11O15. The fourth-order valence-electron chi connectivity index (χ4n) is 11.3. The number of carbonyl (C=O) groups excluding carboxylic acids is 9. The summed E-state index contributed by atoms with van der Waals surface area (Å²) in [4.78, 5) is 137. The van der Waals surface area contributed by atoms with Crippen molar-refractivity contribution in [1.82, 2.24) is 41.9 Å². The molecule has 5 amide bonds. The highest BCUT2D eigenvalue weighted by Gasteiger charge is 2.43. The first-order valence-corrected chi connectivity index (χ1v) is 32.2. The Labute approximate surface area is 557 Å². The number of H-pyrrole nitrogens is 1. The molecule has 26 nitrogen and oxygen atoms in total. The molecule has 5 rings (SSSR count). The van der Waals surface area contributed by atoms with Crippen molar-refractivity contribution in [2.24, 2.45) is 34.5 Å². The summed E-state index contributed by atoms with van der Waals surface area (Å²) in [7, 11) is 0. The van der Waals surface area contributed by atoms with Gasteiger partial charge in [-0.25, -0.2) is 4.39 Å². The molecule has 96 heavy (non-hydrogen) atoms. The summed E-state index contributed by atoms with van der Waals surface area (Å²) in [6.45, 7) is 9.45. The molecule has 0 radical (unpaired) electrons. The molecule has 0 aliphatic heterocycles. The number of carboxylic acids is 1. The molecule has 1 aromatic heterocycles. The number of aliphatic carboxylic acids is 1. The summed E-state index contributed by atoms with van der Waals surface area (Å²) in [6, 6.07) is 16.6. The summed E-state index contributed by atoms with van der Waals surface area (Å²) in [5, 5.41) is 65.4. The van der Waals surface area contributed by atoms with E-state index in [0.717, 1.165) is 59.2 Å². The van der Waals surface area contributed by atoms with Crippen LogP contribution in [0.5, 0.6) is 5.75 Å². The summed E-state index contributed by atoms with van der Waals surface area (Å²) < 4.78 is 21.3. The van der Waals surface area contributed by atoms with Gasteiger partial charge in [0.05, 0.1) is 55.3 Å². The van der Waals surface area contributed by atoms with E-state index in [-0.39, 0.29) is 37.1 Å². The number of Topliss-reactive ketones (excluding diaryl/α,β-unsaturated/α-hetero) is 4. The number of nitrogens with two attached hydrogens (primary N) is 3. The van der Waals surface area contributed by atoms with Crippen LogP contribution in [0.25, 0.3) is 11.1 Å². The van der Waals surface area contributed by atoms with Gasteiger partial charge in [-0.1, -0.05) is 96.9 Å². The number of primary amides is 1. The molecule has 5 aromatic rings. The topological polar surface area (TPSA) is 441 Å². The number of rotatable bonds is 43. The van der Waals surface area contributed by atoms with Gasteiger partial charge in [0, 0.05) is 44.4 Å². The van der Waals surface area contributed by atoms with E-state index in [2.05, 4.69) is 41.9 Å². The highest BCUT2D eigenvalue weighted by Crippen LogP contribution is 2.32. The van der Waals surface area contributed by atoms with Gasteiger partial charge in [0.25, 0.3) is 0 Å². The number of aliphatic hydroxyl groups excluding tert-OH is 3. The van der Waals surface area contributed by atoms with Gasteiger partial charge in [0.2, 0.25) is 29.5 Å². The van der Waals surface area contributed by atoms with Crippen molar-refractivity contribution >= 4 is 58.6 Å². The van der Waals surface area contributed by atoms with E-state index in [0.29, 0.717) is 43.7 Å². The Morgan fingerprint density at radius 1 is 0.708 bits per heavy atom. The Kier molecular flexibility index (Phi) is 30.7. The largest absolute Gasteiger partial charge is 0.494 e. The van der Waals surface area contributed by atoms with E-state index < -0.39 is 169 Å². The number of benzene rings is 4. The van der Waals surface area contributed by atoms with E-state index in [4.69, 9.17) is 21.9 Å². The second-order valence-corrected chi connectivity index (χ2v) is 24.9. The number of aryl methyl sites for hydroxylation is 4. The third kappa shape index (κ3) is 24.3. The lowest BCUT2D eigenvalue weighted by Crippen LogP contribution is -2.55. The van der Waals surface area contributed by atoms with Crippen LogP contribution >= 0.6 is 0 Å². The Balaban J connectivity index is 1.35. The lowest BCUT2D eigenvalue weighted by atomic mass is 9.76. The third-order valence-electron chi connectivity index (χ3n) is 16.6. The van der Waals surface area contributed by atoms with Crippen molar-refractivity contribution in [3.63, 3.8) is 0 Å². The number of hydrogen-bond acceptors (Lipinski definition) is 19. The fraction of sp³-hybridized carbons (Fsp3) is 0.493. The molecule has 0 bridgehead atoms. The first-order valence-electron chi connectivity index (χ1n) is 32.2. The average molecular weight is 1330 g/mol. The second-order valence-electron chi connectivity index (χ2n) is 24.9. The van der Waals surface area contributed by atoms with Crippen LogP contribution in [-0.4, -0.2) is 162 Å². The minimum absolute atomic E-state index is 0.0707. The molecule has 0 fully saturated rings. The number of aromatic nitrogens is 4. The molecule has 27 heteroatoms. The normalized spacial score (nSPS) is 14.8. The number of amides is 5. The standard InChI is InChI=1S/C69H92FN11O15/c1-7-45-31-50(96-26-11-10-25-71)21-22-51(45)46-19-17-43(18-20-46)30-48(66(93)74-54(65(73)92)16-12-13-44-28-39(2)27-40(3)29-44)32-57(86)55(35-62(90)91)75-67(94)49(38-82)33-58(87)63(41(4)83)77-68(95)69(6,36-47-14-8-9-15-52(47)70)37-59(88)64(42(5)84)76-61(89)24-23-56(85)53(72)34-60-78-80-81-79-60/h8-9,14-15,17-22,27-29,31,41-42,48-49,53-55,63-64,82-84H,7,10-13,16,23-26,30,32-38,71-72H2,1-6H3,(H2,73,92)(H,74,93)(H,75,94)(H,76,89)(H,77,95)(H,90,91)(H,78,79,80,81)/t41-,42-,48-,49+,53+,54+,55+,63+,64+,69-/m1/s1. The van der Waals surface area contributed by atoms with Gasteiger partial charge in [0.15, 0.2) is 29.0 Å². The SMILES string of the molecule is CCc1cc(OCCCCN)ccc1-c1ccc(C[C@H](CC(=O)[C@H](CC(=O)O)NC(=O)[C@H](CO)CC(=O)[C@@H](NC(=O)[C@@](C)(CC(=O)[C@@H](NC(=O)CCC(=O)[C@@H](N)Cc2nn[nH]n2)[C@@H](C)O)Cc2ccccc2F)[C@@H](C)O)C(=O)N[C@@H](CCCc2cc(C)cc(C)c2)C(N)=O)cc1. The molecule has 0 spiro atoms. The number of ketones is 4. The number of carboxylic acid groups (broad SMARTS) is 1. The number of halogens is 1. The first-order chi connectivity index (χ1) is 45.5. The molecule has 15 N–H and O–H groups in total. The lowest BCUT2D eigenvalue weighted by Gasteiger charge is -2.33. The molecule has 520 valence electrons. The van der Waals surface area contributed by atoms with Crippen LogP contribution in [0.15, 0.2) is 84.9 Å². The Morgan fingerprint density at radius 2 is 1.35 bits per heavy atom. The molecule has 1 heterocycles. The number of nitrogens with one attached hydrogen (secondary N) is 5. The van der Waals surface area contributed by atoms with E-state index >= 15 is 4.39 Å². The van der Waals surface area contributed by atoms with Crippen LogP contribution in [0.2, 0.25) is 0 Å². The number of ether oxygens (including phenoxy) is 1. The van der Waals surface area contributed by atoms with Crippen molar-refractivity contribution in [2.75, 3.05) is 19.8 Å². The number of hydrogen-bond donors (Lipinski definition) is 12. The van der Waals surface area contributed by atoms with Crippen molar-refractivity contribution in [3.8, 4) is 16.9 Å². The summed E-state index contributed by atoms with van der Waals surface area (Å²) in [6.07, 6.45) is -4.95. The second kappa shape index (κ2) is 37.9. The van der Waals surface area contributed by atoms with Gasteiger partial charge < -0.3 is 63.6 Å². The smallest absolute Gasteiger partial charge is 0.305 e. The predicted octanol–water partition coefficient (Wildman–Crippen LogP) is 2.80. The number of aliphatic hydroxyl groups is 3. The van der Waals surface area contributed by atoms with Crippen LogP contribution in [-0.2, 0) is 80.0 Å². The van der Waals surface area contributed by atoms with Gasteiger partial charge in [0.1, 0.15) is 29.7 Å².